The normalized spacial score (nSPS) is 14.4. The molecule has 1 saturated heterocycles. The van der Waals surface area contributed by atoms with Gasteiger partial charge in [0.05, 0.1) is 20.6 Å². The molecule has 7 nitrogen and oxygen atoms in total. The molecule has 4 aromatic rings. The van der Waals surface area contributed by atoms with Gasteiger partial charge in [0.25, 0.3) is 0 Å². The van der Waals surface area contributed by atoms with Crippen molar-refractivity contribution in [3.05, 3.63) is 63.0 Å². The summed E-state index contributed by atoms with van der Waals surface area (Å²) in [6.45, 7) is 4.75. The van der Waals surface area contributed by atoms with E-state index in [9.17, 15) is 0 Å². The Hall–Kier alpha value is -2.58. The third-order valence-corrected chi connectivity index (χ3v) is 6.97. The maximum atomic E-state index is 6.56. The topological polar surface area (TPSA) is 70.2 Å². The second-order valence-electron chi connectivity index (χ2n) is 8.96. The van der Waals surface area contributed by atoms with Crippen LogP contribution in [0.15, 0.2) is 36.8 Å². The number of nitrogens with one attached hydrogen (secondary N) is 1. The maximum absolute atomic E-state index is 6.56. The molecule has 0 spiro atoms. The zero-order chi connectivity index (χ0) is 24.7. The predicted molar refractivity (Wildman–Crippen MR) is 142 cm³/mol. The van der Waals surface area contributed by atoms with Gasteiger partial charge in [0, 0.05) is 60.3 Å². The Bertz CT molecular complexity index is 1370. The number of rotatable bonds is 7. The first-order valence-electron chi connectivity index (χ1n) is 11.3. The summed E-state index contributed by atoms with van der Waals surface area (Å²) in [5.41, 5.74) is 4.36. The van der Waals surface area contributed by atoms with Crippen molar-refractivity contribution in [1.82, 2.24) is 25.1 Å². The van der Waals surface area contributed by atoms with Gasteiger partial charge in [0.1, 0.15) is 23.4 Å². The molecule has 10 heteroatoms. The SMILES string of the molecule is CC(Oc1cc2c(-c3cnc(N4CCC4)c(CN(C)C)c3)n[nH]c2cc1Cl)c1c(Cl)cncc1Cl. The van der Waals surface area contributed by atoms with Crippen LogP contribution in [-0.2, 0) is 6.54 Å². The summed E-state index contributed by atoms with van der Waals surface area (Å²) in [5, 5.41) is 9.90. The van der Waals surface area contributed by atoms with Gasteiger partial charge in [-0.3, -0.25) is 10.1 Å². The summed E-state index contributed by atoms with van der Waals surface area (Å²) in [6.07, 6.45) is 5.74. The number of nitrogens with zero attached hydrogens (tertiary/aromatic N) is 5. The van der Waals surface area contributed by atoms with E-state index in [1.54, 1.807) is 12.4 Å². The smallest absolute Gasteiger partial charge is 0.139 e. The van der Waals surface area contributed by atoms with Crippen LogP contribution in [0.5, 0.6) is 5.75 Å². The molecule has 1 aliphatic rings. The Balaban J connectivity index is 1.52. The van der Waals surface area contributed by atoms with Crippen LogP contribution in [0.4, 0.5) is 5.82 Å². The zero-order valence-electron chi connectivity index (χ0n) is 19.6. The van der Waals surface area contributed by atoms with Gasteiger partial charge in [-0.25, -0.2) is 4.98 Å². The molecule has 0 radical (unpaired) electrons. The number of halogens is 3. The number of H-pyrrole nitrogens is 1. The average Bonchev–Trinajstić information content (AvgIpc) is 3.16. The fourth-order valence-corrected chi connectivity index (χ4v) is 5.17. The van der Waals surface area contributed by atoms with E-state index in [0.717, 1.165) is 47.6 Å². The van der Waals surface area contributed by atoms with Gasteiger partial charge in [-0.1, -0.05) is 34.8 Å². The highest BCUT2D eigenvalue weighted by Crippen LogP contribution is 2.39. The van der Waals surface area contributed by atoms with Crippen molar-refractivity contribution in [3.63, 3.8) is 0 Å². The van der Waals surface area contributed by atoms with Gasteiger partial charge in [-0.2, -0.15) is 5.10 Å². The van der Waals surface area contributed by atoms with Gasteiger partial charge >= 0.3 is 0 Å². The number of pyridine rings is 2. The lowest BCUT2D eigenvalue weighted by Gasteiger charge is -2.34. The van der Waals surface area contributed by atoms with E-state index in [0.29, 0.717) is 26.4 Å². The molecular formula is C25H25Cl3N6O. The molecule has 0 amide bonds. The number of hydrogen-bond acceptors (Lipinski definition) is 6. The lowest BCUT2D eigenvalue weighted by atomic mass is 10.1. The highest BCUT2D eigenvalue weighted by atomic mass is 35.5. The molecule has 5 rings (SSSR count). The first kappa shape index (κ1) is 24.1. The van der Waals surface area contributed by atoms with Crippen LogP contribution in [-0.4, -0.2) is 52.3 Å². The van der Waals surface area contributed by atoms with Gasteiger partial charge < -0.3 is 14.5 Å². The van der Waals surface area contributed by atoms with E-state index >= 15 is 0 Å². The fourth-order valence-electron chi connectivity index (χ4n) is 4.29. The largest absolute Gasteiger partial charge is 0.484 e. The molecule has 3 aromatic heterocycles. The van der Waals surface area contributed by atoms with Crippen LogP contribution < -0.4 is 9.64 Å². The summed E-state index contributed by atoms with van der Waals surface area (Å²) < 4.78 is 6.21. The highest BCUT2D eigenvalue weighted by Gasteiger charge is 2.22. The molecule has 1 atom stereocenters. The monoisotopic (exact) mass is 530 g/mol. The second-order valence-corrected chi connectivity index (χ2v) is 10.2. The first-order valence-corrected chi connectivity index (χ1v) is 12.5. The molecule has 1 unspecified atom stereocenters. The maximum Gasteiger partial charge on any atom is 0.139 e. The van der Waals surface area contributed by atoms with Crippen LogP contribution >= 0.6 is 34.8 Å². The second kappa shape index (κ2) is 9.82. The van der Waals surface area contributed by atoms with Crippen LogP contribution in [0, 0.1) is 0 Å². The summed E-state index contributed by atoms with van der Waals surface area (Å²) in [4.78, 5) is 13.3. The lowest BCUT2D eigenvalue weighted by molar-refractivity contribution is 0.227. The van der Waals surface area contributed by atoms with Crippen LogP contribution in [0.3, 0.4) is 0 Å². The average molecular weight is 532 g/mol. The van der Waals surface area contributed by atoms with Crippen LogP contribution in [0.2, 0.25) is 15.1 Å². The number of aromatic nitrogens is 4. The number of fused-ring (bicyclic) bond motifs is 1. The van der Waals surface area contributed by atoms with E-state index in [1.807, 2.05) is 25.3 Å². The van der Waals surface area contributed by atoms with Gasteiger partial charge in [-0.05, 0) is 45.6 Å². The molecule has 35 heavy (non-hydrogen) atoms. The summed E-state index contributed by atoms with van der Waals surface area (Å²) in [6, 6.07) is 5.88. The predicted octanol–water partition coefficient (Wildman–Crippen LogP) is 6.39. The Kier molecular flexibility index (Phi) is 6.77. The molecule has 4 heterocycles. The van der Waals surface area contributed by atoms with Crippen LogP contribution in [0.25, 0.3) is 22.2 Å². The van der Waals surface area contributed by atoms with Crippen molar-refractivity contribution in [1.29, 1.82) is 0 Å². The van der Waals surface area contributed by atoms with Crippen molar-refractivity contribution in [3.8, 4) is 17.0 Å². The molecule has 1 aromatic carbocycles. The van der Waals surface area contributed by atoms with Gasteiger partial charge in [-0.15, -0.1) is 0 Å². The minimum Gasteiger partial charge on any atom is -0.484 e. The summed E-state index contributed by atoms with van der Waals surface area (Å²) in [7, 11) is 4.12. The van der Waals surface area contributed by atoms with Crippen molar-refractivity contribution >= 4 is 51.5 Å². The Labute approximate surface area is 219 Å². The number of anilines is 1. The third kappa shape index (κ3) is 4.78. The van der Waals surface area contributed by atoms with E-state index in [2.05, 4.69) is 45.1 Å². The van der Waals surface area contributed by atoms with Crippen molar-refractivity contribution in [2.24, 2.45) is 0 Å². The van der Waals surface area contributed by atoms with E-state index in [1.165, 1.54) is 12.0 Å². The van der Waals surface area contributed by atoms with E-state index in [4.69, 9.17) is 44.5 Å². The Morgan fingerprint density at radius 2 is 1.80 bits per heavy atom. The molecular weight excluding hydrogens is 507 g/mol. The zero-order valence-corrected chi connectivity index (χ0v) is 21.9. The third-order valence-electron chi connectivity index (χ3n) is 6.07. The van der Waals surface area contributed by atoms with Crippen LogP contribution in [0.1, 0.15) is 30.6 Å². The van der Waals surface area contributed by atoms with Crippen molar-refractivity contribution in [2.45, 2.75) is 26.0 Å². The fraction of sp³-hybridized carbons (Fsp3) is 0.320. The standard InChI is InChI=1S/C25H25Cl3N6O/c1-14(23-19(27)11-29-12-20(23)28)35-22-8-17-21(9-18(22)26)31-32-24(17)15-7-16(13-33(2)3)25(30-10-15)34-5-4-6-34/h7-12,14H,4-6,13H2,1-3H3,(H,31,32). The number of hydrogen-bond donors (Lipinski definition) is 1. The van der Waals surface area contributed by atoms with E-state index < -0.39 is 6.10 Å². The molecule has 0 saturated carbocycles. The van der Waals surface area contributed by atoms with E-state index in [-0.39, 0.29) is 0 Å². The molecule has 1 N–H and O–H groups in total. The number of ether oxygens (including phenoxy) is 1. The Morgan fingerprint density at radius 1 is 1.06 bits per heavy atom. The molecule has 0 bridgehead atoms. The Morgan fingerprint density at radius 3 is 2.46 bits per heavy atom. The number of benzene rings is 1. The van der Waals surface area contributed by atoms with Crippen molar-refractivity contribution < 1.29 is 4.74 Å². The van der Waals surface area contributed by atoms with Gasteiger partial charge in [0.15, 0.2) is 0 Å². The molecule has 1 aliphatic heterocycles. The summed E-state index contributed by atoms with van der Waals surface area (Å²) in [5.74, 6) is 1.55. The molecule has 0 aliphatic carbocycles. The highest BCUT2D eigenvalue weighted by molar-refractivity contribution is 6.36. The first-order chi connectivity index (χ1) is 16.8. The quantitative estimate of drug-likeness (QED) is 0.298. The minimum absolute atomic E-state index is 0.438. The molecule has 182 valence electrons. The van der Waals surface area contributed by atoms with Crippen molar-refractivity contribution in [2.75, 3.05) is 32.1 Å². The summed E-state index contributed by atoms with van der Waals surface area (Å²) >= 11 is 19.2. The molecule has 1 fully saturated rings. The number of aromatic amines is 1. The van der Waals surface area contributed by atoms with Gasteiger partial charge in [0.2, 0.25) is 0 Å². The minimum atomic E-state index is -0.438. The lowest BCUT2D eigenvalue weighted by Crippen LogP contribution is -2.38.